The monoisotopic (exact) mass is 484 g/mol. The normalized spacial score (nSPS) is 14.4. The molecule has 2 heterocycles. The van der Waals surface area contributed by atoms with Crippen LogP contribution in [0.4, 0.5) is 18.9 Å². The summed E-state index contributed by atoms with van der Waals surface area (Å²) in [5, 5.41) is 2.35. The van der Waals surface area contributed by atoms with E-state index in [-0.39, 0.29) is 18.1 Å². The lowest BCUT2D eigenvalue weighted by atomic mass is 10.1. The molecule has 35 heavy (non-hydrogen) atoms. The minimum Gasteiger partial charge on any atom is -0.456 e. The summed E-state index contributed by atoms with van der Waals surface area (Å²) in [5.74, 6) is 0.498. The second kappa shape index (κ2) is 10.6. The molecular formula is C25H23F3N4O3. The van der Waals surface area contributed by atoms with Gasteiger partial charge in [-0.15, -0.1) is 0 Å². The minimum atomic E-state index is -4.56. The standard InChI is InChI=1S/C25H23F3N4O3/c26-25(27,28)21-5-1-2-6-22(21)30-23(33)17-31-12-14-32(15-13-31)24(34)18-7-9-19(10-8-18)35-20-4-3-11-29-16-20/h1-11,16H,12-15,17H2,(H,30,33). The molecule has 0 atom stereocenters. The number of hydrogen-bond acceptors (Lipinski definition) is 5. The number of para-hydroxylation sites is 1. The Hall–Kier alpha value is -3.92. The van der Waals surface area contributed by atoms with Crippen LogP contribution >= 0.6 is 0 Å². The third-order valence-corrected chi connectivity index (χ3v) is 5.50. The zero-order chi connectivity index (χ0) is 24.8. The molecule has 1 aliphatic heterocycles. The summed E-state index contributed by atoms with van der Waals surface area (Å²) in [6, 6.07) is 15.2. The quantitative estimate of drug-likeness (QED) is 0.565. The Morgan fingerprint density at radius 2 is 1.63 bits per heavy atom. The molecule has 1 fully saturated rings. The Morgan fingerprint density at radius 3 is 2.29 bits per heavy atom. The number of ether oxygens (including phenoxy) is 1. The Kier molecular flexibility index (Phi) is 7.31. The molecule has 3 aromatic rings. The van der Waals surface area contributed by atoms with Crippen molar-refractivity contribution in [1.82, 2.24) is 14.8 Å². The van der Waals surface area contributed by atoms with Crippen LogP contribution in [0, 0.1) is 0 Å². The maximum absolute atomic E-state index is 13.1. The average Bonchev–Trinajstić information content (AvgIpc) is 2.85. The van der Waals surface area contributed by atoms with E-state index in [0.717, 1.165) is 6.07 Å². The van der Waals surface area contributed by atoms with Crippen LogP contribution in [0.3, 0.4) is 0 Å². The van der Waals surface area contributed by atoms with Crippen molar-refractivity contribution >= 4 is 17.5 Å². The van der Waals surface area contributed by atoms with Crippen LogP contribution in [0.5, 0.6) is 11.5 Å². The van der Waals surface area contributed by atoms with Crippen molar-refractivity contribution in [3.05, 3.63) is 84.2 Å². The molecule has 0 radical (unpaired) electrons. The summed E-state index contributed by atoms with van der Waals surface area (Å²) in [6.07, 6.45) is -1.32. The average molecular weight is 484 g/mol. The molecule has 0 bridgehead atoms. The van der Waals surface area contributed by atoms with E-state index in [1.807, 2.05) is 0 Å². The van der Waals surface area contributed by atoms with Gasteiger partial charge in [-0.3, -0.25) is 19.5 Å². The zero-order valence-corrected chi connectivity index (χ0v) is 18.7. The van der Waals surface area contributed by atoms with Crippen LogP contribution in [-0.4, -0.2) is 59.3 Å². The lowest BCUT2D eigenvalue weighted by Gasteiger charge is -2.34. The van der Waals surface area contributed by atoms with E-state index in [2.05, 4.69) is 10.3 Å². The summed E-state index contributed by atoms with van der Waals surface area (Å²) in [5.41, 5.74) is -0.645. The first-order chi connectivity index (χ1) is 16.8. The maximum atomic E-state index is 13.1. The summed E-state index contributed by atoms with van der Waals surface area (Å²) < 4.78 is 45.1. The fraction of sp³-hybridized carbons (Fsp3) is 0.240. The first-order valence-electron chi connectivity index (χ1n) is 11.0. The van der Waals surface area contributed by atoms with Gasteiger partial charge in [0, 0.05) is 37.9 Å². The predicted molar refractivity (Wildman–Crippen MR) is 123 cm³/mol. The number of nitrogens with zero attached hydrogens (tertiary/aromatic N) is 3. The number of benzene rings is 2. The van der Waals surface area contributed by atoms with Crippen LogP contribution in [-0.2, 0) is 11.0 Å². The van der Waals surface area contributed by atoms with Gasteiger partial charge in [-0.05, 0) is 48.5 Å². The Balaban J connectivity index is 1.27. The number of rotatable bonds is 6. The van der Waals surface area contributed by atoms with Gasteiger partial charge in [-0.2, -0.15) is 13.2 Å². The molecule has 1 saturated heterocycles. The van der Waals surface area contributed by atoms with Gasteiger partial charge >= 0.3 is 6.18 Å². The second-order valence-corrected chi connectivity index (χ2v) is 7.98. The van der Waals surface area contributed by atoms with E-state index >= 15 is 0 Å². The number of carbonyl (C=O) groups excluding carboxylic acids is 2. The lowest BCUT2D eigenvalue weighted by Crippen LogP contribution is -2.50. The van der Waals surface area contributed by atoms with Crippen LogP contribution in [0.25, 0.3) is 0 Å². The van der Waals surface area contributed by atoms with Crippen LogP contribution in [0.1, 0.15) is 15.9 Å². The van der Waals surface area contributed by atoms with E-state index in [1.54, 1.807) is 58.6 Å². The van der Waals surface area contributed by atoms with Gasteiger partial charge in [-0.1, -0.05) is 12.1 Å². The molecule has 2 amide bonds. The first kappa shape index (κ1) is 24.2. The highest BCUT2D eigenvalue weighted by atomic mass is 19.4. The number of aromatic nitrogens is 1. The molecule has 1 aromatic heterocycles. The highest BCUT2D eigenvalue weighted by molar-refractivity contribution is 5.95. The summed E-state index contributed by atoms with van der Waals surface area (Å²) in [7, 11) is 0. The Labute approximate surface area is 200 Å². The van der Waals surface area contributed by atoms with Crippen molar-refractivity contribution in [1.29, 1.82) is 0 Å². The third kappa shape index (κ3) is 6.36. The van der Waals surface area contributed by atoms with Gasteiger partial charge in [0.05, 0.1) is 24.0 Å². The van der Waals surface area contributed by atoms with E-state index in [1.165, 1.54) is 18.2 Å². The number of piperazine rings is 1. The molecule has 0 unspecified atom stereocenters. The summed E-state index contributed by atoms with van der Waals surface area (Å²) in [6.45, 7) is 1.61. The van der Waals surface area contributed by atoms with Crippen LogP contribution < -0.4 is 10.1 Å². The van der Waals surface area contributed by atoms with E-state index in [0.29, 0.717) is 43.2 Å². The van der Waals surface area contributed by atoms with Crippen molar-refractivity contribution in [2.75, 3.05) is 38.0 Å². The molecule has 2 aromatic carbocycles. The van der Waals surface area contributed by atoms with Crippen molar-refractivity contribution in [2.24, 2.45) is 0 Å². The molecular weight excluding hydrogens is 461 g/mol. The SMILES string of the molecule is O=C(CN1CCN(C(=O)c2ccc(Oc3cccnc3)cc2)CC1)Nc1ccccc1C(F)(F)F. The van der Waals surface area contributed by atoms with Gasteiger partial charge in [0.2, 0.25) is 5.91 Å². The molecule has 0 saturated carbocycles. The zero-order valence-electron chi connectivity index (χ0n) is 18.7. The van der Waals surface area contributed by atoms with E-state index in [4.69, 9.17) is 4.74 Å². The fourth-order valence-corrected chi connectivity index (χ4v) is 3.73. The molecule has 1 N–H and O–H groups in total. The smallest absolute Gasteiger partial charge is 0.418 e. The van der Waals surface area contributed by atoms with Crippen LogP contribution in [0.15, 0.2) is 73.1 Å². The van der Waals surface area contributed by atoms with Crippen molar-refractivity contribution in [3.8, 4) is 11.5 Å². The Bertz CT molecular complexity index is 1160. The highest BCUT2D eigenvalue weighted by Crippen LogP contribution is 2.34. The molecule has 10 heteroatoms. The Morgan fingerprint density at radius 1 is 0.914 bits per heavy atom. The third-order valence-electron chi connectivity index (χ3n) is 5.50. The molecule has 1 aliphatic rings. The number of halogens is 3. The van der Waals surface area contributed by atoms with Gasteiger partial charge in [0.25, 0.3) is 5.91 Å². The number of amides is 2. The number of alkyl halides is 3. The molecule has 7 nitrogen and oxygen atoms in total. The molecule has 0 spiro atoms. The second-order valence-electron chi connectivity index (χ2n) is 7.98. The van der Waals surface area contributed by atoms with Gasteiger partial charge in [-0.25, -0.2) is 0 Å². The van der Waals surface area contributed by atoms with Crippen LogP contribution in [0.2, 0.25) is 0 Å². The lowest BCUT2D eigenvalue weighted by molar-refractivity contribution is -0.137. The predicted octanol–water partition coefficient (Wildman–Crippen LogP) is 4.29. The fourth-order valence-electron chi connectivity index (χ4n) is 3.73. The topological polar surface area (TPSA) is 74.8 Å². The molecule has 0 aliphatic carbocycles. The molecule has 4 rings (SSSR count). The van der Waals surface area contributed by atoms with Gasteiger partial charge < -0.3 is 15.0 Å². The first-order valence-corrected chi connectivity index (χ1v) is 11.0. The number of anilines is 1. The van der Waals surface area contributed by atoms with Crippen molar-refractivity contribution in [2.45, 2.75) is 6.18 Å². The number of pyridine rings is 1. The maximum Gasteiger partial charge on any atom is 0.418 e. The van der Waals surface area contributed by atoms with E-state index in [9.17, 15) is 22.8 Å². The van der Waals surface area contributed by atoms with Gasteiger partial charge in [0.15, 0.2) is 0 Å². The number of hydrogen-bond donors (Lipinski definition) is 1. The number of nitrogens with one attached hydrogen (secondary N) is 1. The highest BCUT2D eigenvalue weighted by Gasteiger charge is 2.33. The minimum absolute atomic E-state index is 0.0609. The summed E-state index contributed by atoms with van der Waals surface area (Å²) in [4.78, 5) is 32.7. The number of carbonyl (C=O) groups is 2. The van der Waals surface area contributed by atoms with Gasteiger partial charge in [0.1, 0.15) is 11.5 Å². The largest absolute Gasteiger partial charge is 0.456 e. The van der Waals surface area contributed by atoms with E-state index < -0.39 is 17.6 Å². The van der Waals surface area contributed by atoms with Crippen molar-refractivity contribution < 1.29 is 27.5 Å². The summed E-state index contributed by atoms with van der Waals surface area (Å²) >= 11 is 0. The molecule has 182 valence electrons. The van der Waals surface area contributed by atoms with Crippen molar-refractivity contribution in [3.63, 3.8) is 0 Å².